The van der Waals surface area contributed by atoms with Crippen molar-refractivity contribution in [2.45, 2.75) is 18.6 Å². The van der Waals surface area contributed by atoms with Crippen molar-refractivity contribution in [1.29, 1.82) is 0 Å². The monoisotopic (exact) mass is 253 g/mol. The molecule has 0 fully saturated rings. The minimum Gasteiger partial charge on any atom is -0.468 e. The van der Waals surface area contributed by atoms with Crippen LogP contribution in [-0.4, -0.2) is 37.9 Å². The van der Waals surface area contributed by atoms with Gasteiger partial charge in [0.05, 0.1) is 13.7 Å². The van der Waals surface area contributed by atoms with Crippen LogP contribution in [-0.2, 0) is 20.7 Å². The smallest absolute Gasteiger partial charge is 0.325 e. The summed E-state index contributed by atoms with van der Waals surface area (Å²) in [6, 6.07) is 6.18. The number of nitrogens with two attached hydrogens (primary N) is 1. The molecule has 0 saturated heterocycles. The maximum absolute atomic E-state index is 11.2. The van der Waals surface area contributed by atoms with Crippen LogP contribution in [0.4, 0.5) is 0 Å². The van der Waals surface area contributed by atoms with E-state index in [1.807, 2.05) is 12.1 Å². The Labute approximate surface area is 107 Å². The number of rotatable bonds is 6. The molecule has 0 aromatic heterocycles. The topological polar surface area (TPSA) is 81.8 Å². The summed E-state index contributed by atoms with van der Waals surface area (Å²) in [5, 5.41) is 9.91. The van der Waals surface area contributed by atoms with Crippen LogP contribution in [0.15, 0.2) is 24.3 Å². The molecule has 0 saturated carbocycles. The maximum atomic E-state index is 11.2. The van der Waals surface area contributed by atoms with Gasteiger partial charge in [0.1, 0.15) is 12.1 Å². The zero-order chi connectivity index (χ0) is 13.5. The van der Waals surface area contributed by atoms with Crippen molar-refractivity contribution in [3.05, 3.63) is 35.4 Å². The van der Waals surface area contributed by atoms with E-state index >= 15 is 0 Å². The lowest BCUT2D eigenvalue weighted by molar-refractivity contribution is -0.145. The number of methoxy groups -OCH3 is 2. The number of aliphatic hydroxyl groups is 1. The Morgan fingerprint density at radius 2 is 1.94 bits per heavy atom. The quantitative estimate of drug-likeness (QED) is 0.718. The predicted molar refractivity (Wildman–Crippen MR) is 67.0 cm³/mol. The third-order valence-corrected chi connectivity index (χ3v) is 2.73. The van der Waals surface area contributed by atoms with Crippen LogP contribution in [0.1, 0.15) is 17.2 Å². The fourth-order valence-corrected chi connectivity index (χ4v) is 1.57. The second-order valence-electron chi connectivity index (χ2n) is 3.98. The van der Waals surface area contributed by atoms with E-state index in [0.29, 0.717) is 12.2 Å². The lowest BCUT2D eigenvalue weighted by atomic mass is 10.0. The van der Waals surface area contributed by atoms with Crippen molar-refractivity contribution in [3.63, 3.8) is 0 Å². The molecule has 0 aliphatic carbocycles. The molecule has 0 unspecified atom stereocenters. The van der Waals surface area contributed by atoms with Crippen molar-refractivity contribution in [3.8, 4) is 0 Å². The molecule has 0 radical (unpaired) electrons. The van der Waals surface area contributed by atoms with Crippen LogP contribution in [0.2, 0.25) is 0 Å². The van der Waals surface area contributed by atoms with E-state index in [2.05, 4.69) is 4.74 Å². The normalized spacial score (nSPS) is 14.0. The summed E-state index contributed by atoms with van der Waals surface area (Å²) in [6.07, 6.45) is -0.260. The molecular formula is C13H19NO4. The largest absolute Gasteiger partial charge is 0.468 e. The Bertz CT molecular complexity index is 377. The number of hydrogen-bond donors (Lipinski definition) is 2. The van der Waals surface area contributed by atoms with Crippen LogP contribution < -0.4 is 5.73 Å². The van der Waals surface area contributed by atoms with Crippen molar-refractivity contribution < 1.29 is 19.4 Å². The summed E-state index contributed by atoms with van der Waals surface area (Å²) >= 11 is 0. The van der Waals surface area contributed by atoms with Gasteiger partial charge in [0.2, 0.25) is 0 Å². The molecule has 0 spiro atoms. The summed E-state index contributed by atoms with van der Waals surface area (Å²) in [4.78, 5) is 11.2. The van der Waals surface area contributed by atoms with Crippen molar-refractivity contribution >= 4 is 5.97 Å². The molecule has 1 aromatic rings. The minimum atomic E-state index is -1.07. The van der Waals surface area contributed by atoms with Crippen molar-refractivity contribution in [1.82, 2.24) is 0 Å². The van der Waals surface area contributed by atoms with Gasteiger partial charge in [0.15, 0.2) is 0 Å². The predicted octanol–water partition coefficient (Wildman–Crippen LogP) is 0.409. The Morgan fingerprint density at radius 3 is 2.44 bits per heavy atom. The van der Waals surface area contributed by atoms with Crippen LogP contribution in [0, 0.1) is 0 Å². The second-order valence-corrected chi connectivity index (χ2v) is 3.98. The zero-order valence-electron chi connectivity index (χ0n) is 10.6. The van der Waals surface area contributed by atoms with Gasteiger partial charge in [-0.05, 0) is 17.5 Å². The molecule has 18 heavy (non-hydrogen) atoms. The van der Waals surface area contributed by atoms with Gasteiger partial charge < -0.3 is 20.3 Å². The number of aliphatic hydroxyl groups excluding tert-OH is 1. The molecule has 1 rings (SSSR count). The number of carbonyl (C=O) groups excluding carboxylic acids is 1. The molecule has 3 N–H and O–H groups in total. The zero-order valence-corrected chi connectivity index (χ0v) is 10.6. The van der Waals surface area contributed by atoms with E-state index < -0.39 is 18.1 Å². The molecular weight excluding hydrogens is 234 g/mol. The Kier molecular flexibility index (Phi) is 5.77. The first-order valence-electron chi connectivity index (χ1n) is 5.69. The number of esters is 1. The van der Waals surface area contributed by atoms with E-state index in [0.717, 1.165) is 12.0 Å². The highest BCUT2D eigenvalue weighted by Crippen LogP contribution is 2.17. The van der Waals surface area contributed by atoms with E-state index in [9.17, 15) is 9.90 Å². The van der Waals surface area contributed by atoms with Gasteiger partial charge in [-0.2, -0.15) is 0 Å². The number of benzene rings is 1. The van der Waals surface area contributed by atoms with Gasteiger partial charge in [0, 0.05) is 7.11 Å². The fraction of sp³-hybridized carbons (Fsp3) is 0.462. The molecule has 2 atom stereocenters. The molecule has 1 aromatic carbocycles. The second kappa shape index (κ2) is 7.10. The van der Waals surface area contributed by atoms with Gasteiger partial charge in [0.25, 0.3) is 0 Å². The summed E-state index contributed by atoms with van der Waals surface area (Å²) in [5.41, 5.74) is 7.27. The third-order valence-electron chi connectivity index (χ3n) is 2.73. The van der Waals surface area contributed by atoms with Gasteiger partial charge in [-0.1, -0.05) is 24.3 Å². The van der Waals surface area contributed by atoms with Gasteiger partial charge >= 0.3 is 5.97 Å². The van der Waals surface area contributed by atoms with E-state index in [4.69, 9.17) is 10.5 Å². The van der Waals surface area contributed by atoms with Crippen LogP contribution in [0.3, 0.4) is 0 Å². The highest BCUT2D eigenvalue weighted by molar-refractivity contribution is 5.76. The number of ether oxygens (including phenoxy) is 2. The van der Waals surface area contributed by atoms with Crippen LogP contribution in [0.5, 0.6) is 0 Å². The van der Waals surface area contributed by atoms with Gasteiger partial charge in [-0.25, -0.2) is 0 Å². The molecule has 0 aliphatic rings. The van der Waals surface area contributed by atoms with Crippen molar-refractivity contribution in [2.75, 3.05) is 20.8 Å². The van der Waals surface area contributed by atoms with Crippen molar-refractivity contribution in [2.24, 2.45) is 5.73 Å². The third kappa shape index (κ3) is 3.80. The standard InChI is InChI=1S/C13H19NO4/c1-17-8-7-9-3-5-10(6-4-9)12(15)11(14)13(16)18-2/h3-6,11-12,15H,7-8,14H2,1-2H3/t11-,12+/m0/s1. The van der Waals surface area contributed by atoms with E-state index in [1.54, 1.807) is 19.2 Å². The first-order valence-corrected chi connectivity index (χ1v) is 5.69. The Balaban J connectivity index is 2.69. The average molecular weight is 253 g/mol. The molecule has 0 heterocycles. The lowest BCUT2D eigenvalue weighted by Crippen LogP contribution is -2.37. The summed E-state index contributed by atoms with van der Waals surface area (Å²) in [7, 11) is 2.89. The van der Waals surface area contributed by atoms with Gasteiger partial charge in [-0.15, -0.1) is 0 Å². The molecule has 0 bridgehead atoms. The lowest BCUT2D eigenvalue weighted by Gasteiger charge is -2.17. The molecule has 0 amide bonds. The SMILES string of the molecule is COCCc1ccc([C@@H](O)[C@H](N)C(=O)OC)cc1. The molecule has 0 aliphatic heterocycles. The molecule has 100 valence electrons. The Hall–Kier alpha value is -1.43. The minimum absolute atomic E-state index is 0.592. The summed E-state index contributed by atoms with van der Waals surface area (Å²) in [5.74, 6) is -0.633. The number of carbonyl (C=O) groups is 1. The molecule has 5 nitrogen and oxygen atoms in total. The highest BCUT2D eigenvalue weighted by atomic mass is 16.5. The van der Waals surface area contributed by atoms with Gasteiger partial charge in [-0.3, -0.25) is 4.79 Å². The van der Waals surface area contributed by atoms with E-state index in [-0.39, 0.29) is 0 Å². The number of hydrogen-bond acceptors (Lipinski definition) is 5. The molecule has 5 heteroatoms. The average Bonchev–Trinajstić information content (AvgIpc) is 2.43. The first-order chi connectivity index (χ1) is 8.60. The maximum Gasteiger partial charge on any atom is 0.325 e. The highest BCUT2D eigenvalue weighted by Gasteiger charge is 2.24. The first kappa shape index (κ1) is 14.6. The summed E-state index contributed by atoms with van der Waals surface area (Å²) in [6.45, 7) is 0.642. The van der Waals surface area contributed by atoms with Crippen LogP contribution in [0.25, 0.3) is 0 Å². The fourth-order valence-electron chi connectivity index (χ4n) is 1.57. The van der Waals surface area contributed by atoms with Crippen LogP contribution >= 0.6 is 0 Å². The Morgan fingerprint density at radius 1 is 1.33 bits per heavy atom. The summed E-state index contributed by atoms with van der Waals surface area (Å²) < 4.78 is 9.47. The van der Waals surface area contributed by atoms with E-state index in [1.165, 1.54) is 7.11 Å².